The molecule has 17 nitrogen and oxygen atoms in total. The molecule has 2 unspecified atom stereocenters. The van der Waals surface area contributed by atoms with E-state index in [-0.39, 0.29) is 25.7 Å². The Labute approximate surface area is 594 Å². The van der Waals surface area contributed by atoms with E-state index in [4.69, 9.17) is 37.0 Å². The Bertz CT molecular complexity index is 1890. The van der Waals surface area contributed by atoms with Gasteiger partial charge in [-0.15, -0.1) is 0 Å². The predicted molar refractivity (Wildman–Crippen MR) is 395 cm³/mol. The van der Waals surface area contributed by atoms with Crippen molar-refractivity contribution in [2.45, 2.75) is 420 Å². The molecule has 0 bridgehead atoms. The fourth-order valence-electron chi connectivity index (χ4n) is 12.0. The summed E-state index contributed by atoms with van der Waals surface area (Å²) in [7, 11) is -9.91. The molecule has 0 heterocycles. The minimum absolute atomic E-state index is 0.106. The zero-order chi connectivity index (χ0) is 71.6. The minimum atomic E-state index is -4.96. The van der Waals surface area contributed by atoms with Crippen LogP contribution in [0.4, 0.5) is 0 Å². The lowest BCUT2D eigenvalue weighted by atomic mass is 10.0. The molecule has 0 aliphatic rings. The normalized spacial score (nSPS) is 14.0. The number of carbonyl (C=O) groups is 4. The predicted octanol–water partition coefficient (Wildman–Crippen LogP) is 23.0. The van der Waals surface area contributed by atoms with Gasteiger partial charge in [-0.05, 0) is 43.4 Å². The molecule has 0 radical (unpaired) electrons. The van der Waals surface area contributed by atoms with Gasteiger partial charge < -0.3 is 33.8 Å². The summed E-state index contributed by atoms with van der Waals surface area (Å²) in [5.41, 5.74) is 0. The van der Waals surface area contributed by atoms with Gasteiger partial charge in [-0.1, -0.05) is 350 Å². The zero-order valence-electron chi connectivity index (χ0n) is 63.5. The van der Waals surface area contributed by atoms with Gasteiger partial charge in [0.2, 0.25) is 0 Å². The third-order valence-corrected chi connectivity index (χ3v) is 20.0. The SMILES string of the molecule is CCCCCCCCCCCCCC(=O)O[C@H](COC(=O)CCCCCCCCCC(C)C)COP(=O)(O)OC[C@H](O)COP(=O)(O)OC[C@@H](COC(=O)CCCCCCCCCCCCCCCCCC(C)C)OC(=O)CCCCCCCCCCCCCCCCCC(C)C. The molecule has 0 fully saturated rings. The van der Waals surface area contributed by atoms with Crippen LogP contribution in [0.25, 0.3) is 0 Å². The molecule has 97 heavy (non-hydrogen) atoms. The van der Waals surface area contributed by atoms with Crippen molar-refractivity contribution in [3.63, 3.8) is 0 Å². The molecule has 5 atom stereocenters. The Kier molecular flexibility index (Phi) is 67.1. The van der Waals surface area contributed by atoms with Crippen molar-refractivity contribution in [3.05, 3.63) is 0 Å². The van der Waals surface area contributed by atoms with Gasteiger partial charge in [0.05, 0.1) is 26.4 Å². The Hall–Kier alpha value is -1.94. The molecule has 3 N–H and O–H groups in total. The molecule has 0 rings (SSSR count). The molecule has 0 saturated heterocycles. The number of hydrogen-bond donors (Lipinski definition) is 3. The Morgan fingerprint density at radius 1 is 0.278 bits per heavy atom. The fraction of sp³-hybridized carbons (Fsp3) is 0.949. The third kappa shape index (κ3) is 72.2. The molecule has 0 saturated carbocycles. The quantitative estimate of drug-likeness (QED) is 0.0222. The van der Waals surface area contributed by atoms with Gasteiger partial charge in [-0.3, -0.25) is 37.3 Å². The van der Waals surface area contributed by atoms with Crippen molar-refractivity contribution in [2.75, 3.05) is 39.6 Å². The minimum Gasteiger partial charge on any atom is -0.462 e. The van der Waals surface area contributed by atoms with Gasteiger partial charge in [0.25, 0.3) is 0 Å². The maximum Gasteiger partial charge on any atom is 0.472 e. The molecular weight excluding hydrogens is 1270 g/mol. The molecular formula is C78H152O17P2. The number of unbranched alkanes of at least 4 members (excludes halogenated alkanes) is 44. The zero-order valence-corrected chi connectivity index (χ0v) is 65.3. The molecule has 0 aromatic heterocycles. The smallest absolute Gasteiger partial charge is 0.462 e. The first-order valence-electron chi connectivity index (χ1n) is 40.3. The molecule has 0 aromatic rings. The average molecular weight is 1420 g/mol. The van der Waals surface area contributed by atoms with Gasteiger partial charge in [-0.2, -0.15) is 0 Å². The number of carbonyl (C=O) groups excluding carboxylic acids is 4. The number of phosphoric acid groups is 2. The standard InChI is InChI=1S/C78H152O17P2/c1-8-9-10-11-12-13-24-32-39-47-54-61-77(82)95-74(66-89-76(81)60-53-46-41-34-37-44-51-58-71(6)7)68-93-97(86,87)91-64-72(79)63-90-96(84,85)92-67-73(94-78(83)62-55-48-40-33-28-23-19-15-17-21-26-30-36-43-50-57-70(4)5)65-88-75(80)59-52-45-38-31-27-22-18-14-16-20-25-29-35-42-49-56-69(2)3/h69-74,79H,8-68H2,1-7H3,(H,84,85)(H,86,87)/t72-,73-,74-/m1/s1. The van der Waals surface area contributed by atoms with E-state index in [1.807, 2.05) is 0 Å². The summed E-state index contributed by atoms with van der Waals surface area (Å²) < 4.78 is 68.6. The van der Waals surface area contributed by atoms with E-state index in [0.717, 1.165) is 108 Å². The second-order valence-electron chi connectivity index (χ2n) is 29.5. The van der Waals surface area contributed by atoms with Crippen LogP contribution in [0.15, 0.2) is 0 Å². The lowest BCUT2D eigenvalue weighted by molar-refractivity contribution is -0.161. The molecule has 0 aromatic carbocycles. The second kappa shape index (κ2) is 68.5. The first kappa shape index (κ1) is 95.1. The number of ether oxygens (including phenoxy) is 4. The van der Waals surface area contributed by atoms with Gasteiger partial charge in [-0.25, -0.2) is 9.13 Å². The summed E-state index contributed by atoms with van der Waals surface area (Å²) in [5.74, 6) is 0.199. The van der Waals surface area contributed by atoms with Crippen molar-refractivity contribution in [1.29, 1.82) is 0 Å². The highest BCUT2D eigenvalue weighted by molar-refractivity contribution is 7.47. The van der Waals surface area contributed by atoms with Crippen molar-refractivity contribution in [2.24, 2.45) is 17.8 Å². The van der Waals surface area contributed by atoms with E-state index < -0.39 is 97.5 Å². The second-order valence-corrected chi connectivity index (χ2v) is 32.4. The number of hydrogen-bond acceptors (Lipinski definition) is 15. The number of phosphoric ester groups is 2. The molecule has 0 spiro atoms. The maximum atomic E-state index is 13.1. The van der Waals surface area contributed by atoms with Crippen molar-refractivity contribution < 1.29 is 80.2 Å². The summed E-state index contributed by atoms with van der Waals surface area (Å²) in [6.45, 7) is 11.9. The van der Waals surface area contributed by atoms with Gasteiger partial charge in [0.15, 0.2) is 12.2 Å². The summed E-state index contributed by atoms with van der Waals surface area (Å²) >= 11 is 0. The first-order valence-corrected chi connectivity index (χ1v) is 43.3. The number of rotatable bonds is 76. The van der Waals surface area contributed by atoms with Gasteiger partial charge >= 0.3 is 39.5 Å². The highest BCUT2D eigenvalue weighted by Crippen LogP contribution is 2.45. The largest absolute Gasteiger partial charge is 0.472 e. The van der Waals surface area contributed by atoms with Crippen molar-refractivity contribution in [1.82, 2.24) is 0 Å². The Morgan fingerprint density at radius 3 is 0.701 bits per heavy atom. The van der Waals surface area contributed by atoms with Crippen LogP contribution in [0, 0.1) is 17.8 Å². The van der Waals surface area contributed by atoms with Crippen LogP contribution >= 0.6 is 15.6 Å². The van der Waals surface area contributed by atoms with Crippen LogP contribution < -0.4 is 0 Å². The molecule has 576 valence electrons. The lowest BCUT2D eigenvalue weighted by Gasteiger charge is -2.21. The van der Waals surface area contributed by atoms with Crippen LogP contribution in [0.3, 0.4) is 0 Å². The first-order chi connectivity index (χ1) is 46.7. The lowest BCUT2D eigenvalue weighted by Crippen LogP contribution is -2.30. The summed E-state index contributed by atoms with van der Waals surface area (Å²) in [6, 6.07) is 0. The van der Waals surface area contributed by atoms with E-state index >= 15 is 0 Å². The molecule has 0 aliphatic heterocycles. The fourth-order valence-corrected chi connectivity index (χ4v) is 13.5. The Balaban J connectivity index is 5.22. The van der Waals surface area contributed by atoms with Crippen LogP contribution in [0.2, 0.25) is 0 Å². The van der Waals surface area contributed by atoms with Crippen molar-refractivity contribution in [3.8, 4) is 0 Å². The van der Waals surface area contributed by atoms with E-state index in [2.05, 4.69) is 48.5 Å². The van der Waals surface area contributed by atoms with E-state index in [9.17, 15) is 43.2 Å². The topological polar surface area (TPSA) is 237 Å². The van der Waals surface area contributed by atoms with E-state index in [1.54, 1.807) is 0 Å². The van der Waals surface area contributed by atoms with Crippen LogP contribution in [-0.2, 0) is 65.4 Å². The van der Waals surface area contributed by atoms with Crippen molar-refractivity contribution >= 4 is 39.5 Å². The number of esters is 4. The maximum absolute atomic E-state index is 13.1. The van der Waals surface area contributed by atoms with Gasteiger partial charge in [0.1, 0.15) is 19.3 Å². The van der Waals surface area contributed by atoms with E-state index in [0.29, 0.717) is 31.6 Å². The monoisotopic (exact) mass is 1420 g/mol. The number of aliphatic hydroxyl groups is 1. The van der Waals surface area contributed by atoms with Crippen LogP contribution in [0.5, 0.6) is 0 Å². The van der Waals surface area contributed by atoms with Gasteiger partial charge in [0, 0.05) is 25.7 Å². The molecule has 0 amide bonds. The summed E-state index contributed by atoms with van der Waals surface area (Å²) in [6.07, 6.45) is 55.6. The Morgan fingerprint density at radius 2 is 0.474 bits per heavy atom. The molecule has 0 aliphatic carbocycles. The summed E-state index contributed by atoms with van der Waals surface area (Å²) in [5, 5.41) is 10.6. The summed E-state index contributed by atoms with van der Waals surface area (Å²) in [4.78, 5) is 72.8. The number of aliphatic hydroxyl groups excluding tert-OH is 1. The third-order valence-electron chi connectivity index (χ3n) is 18.1. The highest BCUT2D eigenvalue weighted by Gasteiger charge is 2.30. The highest BCUT2D eigenvalue weighted by atomic mass is 31.2. The molecule has 19 heteroatoms. The van der Waals surface area contributed by atoms with Crippen LogP contribution in [-0.4, -0.2) is 96.7 Å². The average Bonchev–Trinajstić information content (AvgIpc) is 1.34. The van der Waals surface area contributed by atoms with E-state index in [1.165, 1.54) is 205 Å². The van der Waals surface area contributed by atoms with Crippen LogP contribution in [0.1, 0.15) is 402 Å².